The van der Waals surface area contributed by atoms with Gasteiger partial charge in [-0.1, -0.05) is 31.5 Å². The van der Waals surface area contributed by atoms with Crippen molar-refractivity contribution in [2.75, 3.05) is 0 Å². The third-order valence-electron chi connectivity index (χ3n) is 4.34. The van der Waals surface area contributed by atoms with Gasteiger partial charge in [-0.15, -0.1) is 0 Å². The molecule has 0 amide bonds. The quantitative estimate of drug-likeness (QED) is 0.859. The predicted molar refractivity (Wildman–Crippen MR) is 82.8 cm³/mol. The number of aliphatic hydroxyl groups is 1. The molecule has 1 aromatic rings. The van der Waals surface area contributed by atoms with Crippen LogP contribution in [-0.2, 0) is 4.79 Å². The average molecular weight is 272 g/mol. The number of aliphatic hydroxyl groups excluding tert-OH is 1. The second kappa shape index (κ2) is 5.43. The third kappa shape index (κ3) is 2.65. The second-order valence-electron chi connectivity index (χ2n) is 6.43. The van der Waals surface area contributed by atoms with E-state index in [0.29, 0.717) is 24.3 Å². The number of Topliss-reactive ketones (excluding diaryl/α,β-unsaturated/α-hetero) is 1. The molecule has 0 spiro atoms. The van der Waals surface area contributed by atoms with Crippen molar-refractivity contribution in [1.29, 1.82) is 0 Å². The van der Waals surface area contributed by atoms with E-state index in [-0.39, 0.29) is 17.5 Å². The van der Waals surface area contributed by atoms with Crippen molar-refractivity contribution in [3.8, 4) is 0 Å². The maximum atomic E-state index is 12.5. The number of hydrogen-bond donors (Lipinski definition) is 1. The maximum Gasteiger partial charge on any atom is 0.167 e. The molecule has 1 atom stereocenters. The Bertz CT molecular complexity index is 556. The van der Waals surface area contributed by atoms with Crippen LogP contribution in [0, 0.1) is 32.6 Å². The Morgan fingerprint density at radius 3 is 2.10 bits per heavy atom. The minimum absolute atomic E-state index is 0.0857. The summed E-state index contributed by atoms with van der Waals surface area (Å²) >= 11 is 0. The molecule has 0 fully saturated rings. The van der Waals surface area contributed by atoms with Crippen LogP contribution < -0.4 is 0 Å². The molecule has 0 heterocycles. The van der Waals surface area contributed by atoms with Crippen LogP contribution in [-0.4, -0.2) is 10.9 Å². The zero-order valence-corrected chi connectivity index (χ0v) is 13.1. The van der Waals surface area contributed by atoms with Gasteiger partial charge in [0.25, 0.3) is 0 Å². The normalized spacial score (nSPS) is 19.9. The lowest BCUT2D eigenvalue weighted by atomic mass is 9.77. The van der Waals surface area contributed by atoms with Gasteiger partial charge in [-0.3, -0.25) is 4.79 Å². The molecule has 2 rings (SSSR count). The molecule has 0 aliphatic heterocycles. The van der Waals surface area contributed by atoms with Gasteiger partial charge in [-0.05, 0) is 49.3 Å². The van der Waals surface area contributed by atoms with Crippen molar-refractivity contribution in [1.82, 2.24) is 0 Å². The number of hydrogen-bond acceptors (Lipinski definition) is 2. The van der Waals surface area contributed by atoms with Gasteiger partial charge >= 0.3 is 0 Å². The maximum absolute atomic E-state index is 12.5. The van der Waals surface area contributed by atoms with E-state index in [9.17, 15) is 9.90 Å². The highest BCUT2D eigenvalue weighted by Gasteiger charge is 2.31. The zero-order valence-electron chi connectivity index (χ0n) is 13.1. The van der Waals surface area contributed by atoms with Gasteiger partial charge in [0.05, 0.1) is 5.57 Å². The van der Waals surface area contributed by atoms with Gasteiger partial charge in [-0.25, -0.2) is 0 Å². The number of ketones is 1. The van der Waals surface area contributed by atoms with Gasteiger partial charge in [-0.2, -0.15) is 0 Å². The summed E-state index contributed by atoms with van der Waals surface area (Å²) in [6.07, 6.45) is 1.16. The van der Waals surface area contributed by atoms with Crippen molar-refractivity contribution in [2.24, 2.45) is 11.8 Å². The van der Waals surface area contributed by atoms with Gasteiger partial charge in [0, 0.05) is 12.8 Å². The molecule has 0 saturated carbocycles. The number of benzene rings is 1. The average Bonchev–Trinajstić information content (AvgIpc) is 2.30. The Morgan fingerprint density at radius 1 is 1.10 bits per heavy atom. The molecule has 0 radical (unpaired) electrons. The van der Waals surface area contributed by atoms with Crippen molar-refractivity contribution in [3.63, 3.8) is 0 Å². The molecule has 1 aliphatic rings. The van der Waals surface area contributed by atoms with E-state index in [4.69, 9.17) is 0 Å². The van der Waals surface area contributed by atoms with E-state index in [0.717, 1.165) is 16.7 Å². The molecule has 0 aromatic heterocycles. The van der Waals surface area contributed by atoms with E-state index < -0.39 is 0 Å². The fourth-order valence-corrected chi connectivity index (χ4v) is 3.25. The minimum Gasteiger partial charge on any atom is -0.512 e. The van der Waals surface area contributed by atoms with Gasteiger partial charge in [0.15, 0.2) is 5.78 Å². The summed E-state index contributed by atoms with van der Waals surface area (Å²) in [5.74, 6) is 1.04. The van der Waals surface area contributed by atoms with Gasteiger partial charge < -0.3 is 5.11 Å². The number of aryl methyl sites for hydroxylation is 3. The lowest BCUT2D eigenvalue weighted by Crippen LogP contribution is -2.23. The summed E-state index contributed by atoms with van der Waals surface area (Å²) in [5.41, 5.74) is 4.81. The molecular weight excluding hydrogens is 248 g/mol. The molecule has 108 valence electrons. The fraction of sp³-hybridized carbons (Fsp3) is 0.500. The summed E-state index contributed by atoms with van der Waals surface area (Å²) in [5, 5.41) is 10.4. The molecule has 0 bridgehead atoms. The monoisotopic (exact) mass is 272 g/mol. The van der Waals surface area contributed by atoms with Crippen molar-refractivity contribution in [3.05, 3.63) is 40.1 Å². The summed E-state index contributed by atoms with van der Waals surface area (Å²) in [7, 11) is 0. The topological polar surface area (TPSA) is 37.3 Å². The second-order valence-corrected chi connectivity index (χ2v) is 6.43. The standard InChI is InChI=1S/C18H24O2/c1-10(2)14-8-15(19)18(16(20)9-14)17-12(4)6-11(3)7-13(17)5/h6-7,10,14,19H,8-9H2,1-5H3. The Kier molecular flexibility index (Phi) is 4.03. The van der Waals surface area contributed by atoms with Crippen LogP contribution in [0.15, 0.2) is 17.9 Å². The number of carbonyl (C=O) groups is 1. The van der Waals surface area contributed by atoms with Crippen LogP contribution in [0.2, 0.25) is 0 Å². The number of carbonyl (C=O) groups excluding carboxylic acids is 1. The SMILES string of the molecule is Cc1cc(C)c(C2=C(O)CC(C(C)C)CC2=O)c(C)c1. The van der Waals surface area contributed by atoms with E-state index in [2.05, 4.69) is 32.9 Å². The molecule has 0 saturated heterocycles. The van der Waals surface area contributed by atoms with Crippen LogP contribution in [0.1, 0.15) is 48.9 Å². The molecule has 1 aliphatic carbocycles. The van der Waals surface area contributed by atoms with E-state index >= 15 is 0 Å². The lowest BCUT2D eigenvalue weighted by Gasteiger charge is -2.27. The molecular formula is C18H24O2. The number of rotatable bonds is 2. The molecule has 1 unspecified atom stereocenters. The van der Waals surface area contributed by atoms with Gasteiger partial charge in [0.2, 0.25) is 0 Å². The molecule has 1 aromatic carbocycles. The Balaban J connectivity index is 2.53. The minimum atomic E-state index is 0.0857. The van der Waals surface area contributed by atoms with Crippen LogP contribution in [0.3, 0.4) is 0 Å². The zero-order chi connectivity index (χ0) is 15.0. The Labute approximate surface area is 121 Å². The van der Waals surface area contributed by atoms with Crippen LogP contribution in [0.25, 0.3) is 5.57 Å². The van der Waals surface area contributed by atoms with Crippen LogP contribution in [0.4, 0.5) is 0 Å². The molecule has 2 nitrogen and oxygen atoms in total. The highest BCUT2D eigenvalue weighted by molar-refractivity contribution is 6.22. The molecule has 2 heteroatoms. The summed E-state index contributed by atoms with van der Waals surface area (Å²) in [4.78, 5) is 12.5. The first-order valence-electron chi connectivity index (χ1n) is 7.34. The largest absolute Gasteiger partial charge is 0.512 e. The van der Waals surface area contributed by atoms with Crippen molar-refractivity contribution >= 4 is 11.4 Å². The first-order valence-corrected chi connectivity index (χ1v) is 7.34. The van der Waals surface area contributed by atoms with Crippen molar-refractivity contribution in [2.45, 2.75) is 47.5 Å². The van der Waals surface area contributed by atoms with E-state index in [1.165, 1.54) is 5.56 Å². The highest BCUT2D eigenvalue weighted by atomic mass is 16.3. The van der Waals surface area contributed by atoms with Gasteiger partial charge in [0.1, 0.15) is 5.76 Å². The Morgan fingerprint density at radius 2 is 1.65 bits per heavy atom. The van der Waals surface area contributed by atoms with Crippen LogP contribution in [0.5, 0.6) is 0 Å². The lowest BCUT2D eigenvalue weighted by molar-refractivity contribution is -0.115. The fourth-order valence-electron chi connectivity index (χ4n) is 3.25. The third-order valence-corrected chi connectivity index (χ3v) is 4.34. The summed E-state index contributed by atoms with van der Waals surface area (Å²) < 4.78 is 0. The first-order chi connectivity index (χ1) is 9.31. The molecule has 20 heavy (non-hydrogen) atoms. The van der Waals surface area contributed by atoms with Crippen molar-refractivity contribution < 1.29 is 9.90 Å². The van der Waals surface area contributed by atoms with Crippen LogP contribution >= 0.6 is 0 Å². The predicted octanol–water partition coefficient (Wildman–Crippen LogP) is 4.52. The van der Waals surface area contributed by atoms with E-state index in [1.54, 1.807) is 0 Å². The molecule has 1 N–H and O–H groups in total. The number of allylic oxidation sites excluding steroid dienone is 2. The summed E-state index contributed by atoms with van der Waals surface area (Å²) in [6, 6.07) is 4.15. The highest BCUT2D eigenvalue weighted by Crippen LogP contribution is 2.37. The summed E-state index contributed by atoms with van der Waals surface area (Å²) in [6.45, 7) is 10.3. The van der Waals surface area contributed by atoms with E-state index in [1.807, 2.05) is 13.8 Å². The smallest absolute Gasteiger partial charge is 0.167 e. The Hall–Kier alpha value is -1.57. The first kappa shape index (κ1) is 14.8.